The molecule has 0 spiro atoms. The molecule has 0 aliphatic carbocycles. The number of nitrogens with one attached hydrogen (secondary N) is 2. The summed E-state index contributed by atoms with van der Waals surface area (Å²) in [6, 6.07) is 13.6. The molecule has 0 radical (unpaired) electrons. The van der Waals surface area contributed by atoms with Crippen LogP contribution >= 0.6 is 27.5 Å². The smallest absolute Gasteiger partial charge is 0.239 e. The Hall–Kier alpha value is -1.52. The number of hydrogen-bond acceptors (Lipinski definition) is 2. The van der Waals surface area contributed by atoms with Crippen LogP contribution in [0.5, 0.6) is 0 Å². The van der Waals surface area contributed by atoms with E-state index in [9.17, 15) is 4.79 Å². The van der Waals surface area contributed by atoms with Gasteiger partial charge in [0.25, 0.3) is 0 Å². The second-order valence-electron chi connectivity index (χ2n) is 5.06. The lowest BCUT2D eigenvalue weighted by molar-refractivity contribution is -0.119. The van der Waals surface area contributed by atoms with Gasteiger partial charge in [0.1, 0.15) is 0 Å². The third-order valence-electron chi connectivity index (χ3n) is 3.21. The van der Waals surface area contributed by atoms with E-state index in [2.05, 4.69) is 26.6 Å². The monoisotopic (exact) mass is 380 g/mol. The van der Waals surface area contributed by atoms with Crippen molar-refractivity contribution in [3.8, 4) is 0 Å². The highest BCUT2D eigenvalue weighted by Crippen LogP contribution is 2.22. The van der Waals surface area contributed by atoms with E-state index in [-0.39, 0.29) is 12.5 Å². The van der Waals surface area contributed by atoms with Crippen LogP contribution in [-0.4, -0.2) is 19.0 Å². The van der Waals surface area contributed by atoms with Gasteiger partial charge in [0.15, 0.2) is 0 Å². The zero-order valence-corrected chi connectivity index (χ0v) is 14.7. The van der Waals surface area contributed by atoms with E-state index in [1.807, 2.05) is 49.4 Å². The molecule has 0 aromatic heterocycles. The van der Waals surface area contributed by atoms with Gasteiger partial charge in [-0.3, -0.25) is 4.79 Å². The number of carbonyl (C=O) groups excluding carboxylic acids is 1. The quantitative estimate of drug-likeness (QED) is 0.788. The minimum absolute atomic E-state index is 0.0264. The average molecular weight is 382 g/mol. The predicted molar refractivity (Wildman–Crippen MR) is 95.5 cm³/mol. The topological polar surface area (TPSA) is 41.1 Å². The standard InChI is InChI=1S/C17H18BrClN2O/c1-12-2-7-16(15(18)10-12)21-11-17(22)20-9-8-13-3-5-14(19)6-4-13/h2-7,10,21H,8-9,11H2,1H3,(H,20,22). The van der Waals surface area contributed by atoms with E-state index >= 15 is 0 Å². The number of benzene rings is 2. The van der Waals surface area contributed by atoms with E-state index in [1.54, 1.807) is 0 Å². The first-order valence-corrected chi connectivity index (χ1v) is 8.23. The minimum Gasteiger partial charge on any atom is -0.375 e. The first-order chi connectivity index (χ1) is 10.5. The maximum absolute atomic E-state index is 11.8. The molecule has 0 atom stereocenters. The Labute approximate surface area is 144 Å². The Morgan fingerprint density at radius 2 is 1.91 bits per heavy atom. The third kappa shape index (κ3) is 5.35. The minimum atomic E-state index is -0.0264. The van der Waals surface area contributed by atoms with Gasteiger partial charge in [-0.2, -0.15) is 0 Å². The van der Waals surface area contributed by atoms with E-state index in [4.69, 9.17) is 11.6 Å². The van der Waals surface area contributed by atoms with E-state index in [0.717, 1.165) is 27.2 Å². The van der Waals surface area contributed by atoms with Gasteiger partial charge >= 0.3 is 0 Å². The average Bonchev–Trinajstić information content (AvgIpc) is 2.48. The second kappa shape index (κ2) is 8.20. The molecule has 0 saturated heterocycles. The Morgan fingerprint density at radius 3 is 2.59 bits per heavy atom. The highest BCUT2D eigenvalue weighted by atomic mass is 79.9. The van der Waals surface area contributed by atoms with Crippen molar-refractivity contribution in [2.45, 2.75) is 13.3 Å². The van der Waals surface area contributed by atoms with Crippen LogP contribution in [0.4, 0.5) is 5.69 Å². The maximum atomic E-state index is 11.8. The number of halogens is 2. The molecule has 2 aromatic carbocycles. The summed E-state index contributed by atoms with van der Waals surface area (Å²) in [5.41, 5.74) is 3.24. The van der Waals surface area contributed by atoms with Gasteiger partial charge in [-0.15, -0.1) is 0 Å². The third-order valence-corrected chi connectivity index (χ3v) is 4.12. The lowest BCUT2D eigenvalue weighted by Crippen LogP contribution is -2.31. The summed E-state index contributed by atoms with van der Waals surface area (Å²) in [7, 11) is 0. The maximum Gasteiger partial charge on any atom is 0.239 e. The van der Waals surface area contributed by atoms with Crippen molar-refractivity contribution in [3.63, 3.8) is 0 Å². The molecule has 1 amide bonds. The summed E-state index contributed by atoms with van der Waals surface area (Å²) >= 11 is 9.32. The van der Waals surface area contributed by atoms with Crippen molar-refractivity contribution < 1.29 is 4.79 Å². The fraction of sp³-hybridized carbons (Fsp3) is 0.235. The van der Waals surface area contributed by atoms with E-state index in [1.165, 1.54) is 5.56 Å². The Bertz CT molecular complexity index is 644. The first kappa shape index (κ1) is 16.8. The number of anilines is 1. The number of amides is 1. The van der Waals surface area contributed by atoms with Crippen LogP contribution < -0.4 is 10.6 Å². The molecular weight excluding hydrogens is 364 g/mol. The van der Waals surface area contributed by atoms with Crippen LogP contribution in [0.25, 0.3) is 0 Å². The van der Waals surface area contributed by atoms with Crippen molar-refractivity contribution in [3.05, 3.63) is 63.1 Å². The molecule has 22 heavy (non-hydrogen) atoms. The Morgan fingerprint density at radius 1 is 1.18 bits per heavy atom. The van der Waals surface area contributed by atoms with Crippen LogP contribution in [0.3, 0.4) is 0 Å². The molecule has 0 heterocycles. The summed E-state index contributed by atoms with van der Waals surface area (Å²) in [5, 5.41) is 6.74. The lowest BCUT2D eigenvalue weighted by Gasteiger charge is -2.10. The van der Waals surface area contributed by atoms with Crippen molar-refractivity contribution >= 4 is 39.1 Å². The Kier molecular flexibility index (Phi) is 6.28. The molecule has 2 aromatic rings. The van der Waals surface area contributed by atoms with Gasteiger partial charge in [0.2, 0.25) is 5.91 Å². The van der Waals surface area contributed by atoms with Gasteiger partial charge < -0.3 is 10.6 Å². The van der Waals surface area contributed by atoms with Gasteiger partial charge in [-0.1, -0.05) is 29.8 Å². The molecular formula is C17H18BrClN2O. The molecule has 0 fully saturated rings. The van der Waals surface area contributed by atoms with Crippen LogP contribution in [0.15, 0.2) is 46.9 Å². The summed E-state index contributed by atoms with van der Waals surface area (Å²) in [6.07, 6.45) is 0.789. The van der Waals surface area contributed by atoms with Gasteiger partial charge in [0.05, 0.1) is 6.54 Å². The largest absolute Gasteiger partial charge is 0.375 e. The summed E-state index contributed by atoms with van der Waals surface area (Å²) in [5.74, 6) is -0.0264. The molecule has 0 aliphatic heterocycles. The molecule has 5 heteroatoms. The van der Waals surface area contributed by atoms with Crippen molar-refractivity contribution in [2.24, 2.45) is 0 Å². The van der Waals surface area contributed by atoms with Crippen LogP contribution in [0, 0.1) is 6.92 Å². The van der Waals surface area contributed by atoms with Crippen molar-refractivity contribution in [2.75, 3.05) is 18.4 Å². The normalized spacial score (nSPS) is 10.3. The molecule has 116 valence electrons. The van der Waals surface area contributed by atoms with Crippen LogP contribution in [-0.2, 0) is 11.2 Å². The highest BCUT2D eigenvalue weighted by Gasteiger charge is 2.04. The molecule has 3 nitrogen and oxygen atoms in total. The fourth-order valence-electron chi connectivity index (χ4n) is 2.00. The Balaban J connectivity index is 1.72. The van der Waals surface area contributed by atoms with Crippen LogP contribution in [0.1, 0.15) is 11.1 Å². The SMILES string of the molecule is Cc1ccc(NCC(=O)NCCc2ccc(Cl)cc2)c(Br)c1. The number of hydrogen-bond donors (Lipinski definition) is 2. The van der Waals surface area contributed by atoms with Crippen molar-refractivity contribution in [1.29, 1.82) is 0 Å². The molecule has 0 bridgehead atoms. The van der Waals surface area contributed by atoms with Gasteiger partial charge in [-0.05, 0) is 64.7 Å². The molecule has 0 unspecified atom stereocenters. The second-order valence-corrected chi connectivity index (χ2v) is 6.35. The van der Waals surface area contributed by atoms with Crippen LogP contribution in [0.2, 0.25) is 5.02 Å². The fourth-order valence-corrected chi connectivity index (χ4v) is 2.76. The van der Waals surface area contributed by atoms with Crippen molar-refractivity contribution in [1.82, 2.24) is 5.32 Å². The molecule has 0 aliphatic rings. The molecule has 2 rings (SSSR count). The summed E-state index contributed by atoms with van der Waals surface area (Å²) < 4.78 is 0.960. The first-order valence-electron chi connectivity index (χ1n) is 7.06. The number of rotatable bonds is 6. The zero-order chi connectivity index (χ0) is 15.9. The van der Waals surface area contributed by atoms with E-state index in [0.29, 0.717) is 6.54 Å². The lowest BCUT2D eigenvalue weighted by atomic mass is 10.1. The number of aryl methyl sites for hydroxylation is 1. The van der Waals surface area contributed by atoms with E-state index < -0.39 is 0 Å². The van der Waals surface area contributed by atoms with Gasteiger partial charge in [-0.25, -0.2) is 0 Å². The predicted octanol–water partition coefficient (Wildman–Crippen LogP) is 4.18. The molecule has 2 N–H and O–H groups in total. The van der Waals surface area contributed by atoms with Gasteiger partial charge in [0, 0.05) is 21.7 Å². The summed E-state index contributed by atoms with van der Waals surface area (Å²) in [6.45, 7) is 2.89. The highest BCUT2D eigenvalue weighted by molar-refractivity contribution is 9.10. The molecule has 0 saturated carbocycles. The summed E-state index contributed by atoms with van der Waals surface area (Å²) in [4.78, 5) is 11.8. The number of carbonyl (C=O) groups is 1. The zero-order valence-electron chi connectivity index (χ0n) is 12.3.